The molecular weight excluding hydrogens is 250 g/mol. The molecule has 0 aromatic heterocycles. The van der Waals surface area contributed by atoms with E-state index in [1.165, 1.54) is 11.0 Å². The van der Waals surface area contributed by atoms with E-state index in [4.69, 9.17) is 5.11 Å². The number of hydrogen-bond acceptors (Lipinski definition) is 2. The Morgan fingerprint density at radius 2 is 2.06 bits per heavy atom. The van der Waals surface area contributed by atoms with Gasteiger partial charge in [0.05, 0.1) is 0 Å². The van der Waals surface area contributed by atoms with Gasteiger partial charge in [0.1, 0.15) is 5.82 Å². The molecular formula is C12H13F4NO. The molecule has 0 saturated carbocycles. The third-order valence-electron chi connectivity index (χ3n) is 3.10. The van der Waals surface area contributed by atoms with Crippen molar-refractivity contribution in [1.82, 2.24) is 4.90 Å². The highest BCUT2D eigenvalue weighted by Gasteiger charge is 2.39. The lowest BCUT2D eigenvalue weighted by Gasteiger charge is -2.31. The fourth-order valence-electron chi connectivity index (χ4n) is 2.10. The molecule has 2 rings (SSSR count). The number of alkyl halides is 3. The molecule has 100 valence electrons. The number of nitrogens with zero attached hydrogens (tertiary/aromatic N) is 1. The van der Waals surface area contributed by atoms with Gasteiger partial charge in [0.15, 0.2) is 6.10 Å². The van der Waals surface area contributed by atoms with Gasteiger partial charge < -0.3 is 5.11 Å². The Labute approximate surface area is 102 Å². The third kappa shape index (κ3) is 2.81. The predicted octanol–water partition coefficient (Wildman–Crippen LogP) is 2.11. The van der Waals surface area contributed by atoms with Gasteiger partial charge >= 0.3 is 6.18 Å². The summed E-state index contributed by atoms with van der Waals surface area (Å²) in [5.41, 5.74) is 1.26. The first-order valence-corrected chi connectivity index (χ1v) is 5.61. The second-order valence-electron chi connectivity index (χ2n) is 4.42. The van der Waals surface area contributed by atoms with Gasteiger partial charge in [-0.05, 0) is 18.1 Å². The van der Waals surface area contributed by atoms with Crippen LogP contribution in [0.1, 0.15) is 11.1 Å². The van der Waals surface area contributed by atoms with Crippen molar-refractivity contribution >= 4 is 0 Å². The molecule has 1 aliphatic rings. The quantitative estimate of drug-likeness (QED) is 0.826. The second-order valence-corrected chi connectivity index (χ2v) is 4.42. The summed E-state index contributed by atoms with van der Waals surface area (Å²) in [6.45, 7) is -0.0178. The zero-order valence-corrected chi connectivity index (χ0v) is 9.54. The molecule has 18 heavy (non-hydrogen) atoms. The molecule has 0 radical (unpaired) electrons. The van der Waals surface area contributed by atoms with E-state index in [9.17, 15) is 17.6 Å². The van der Waals surface area contributed by atoms with Crippen LogP contribution in [0, 0.1) is 5.82 Å². The van der Waals surface area contributed by atoms with Crippen LogP contribution in [0.2, 0.25) is 0 Å². The smallest absolute Gasteiger partial charge is 0.382 e. The molecule has 0 unspecified atom stereocenters. The highest BCUT2D eigenvalue weighted by atomic mass is 19.4. The maximum Gasteiger partial charge on any atom is 0.415 e. The van der Waals surface area contributed by atoms with Crippen molar-refractivity contribution in [2.24, 2.45) is 0 Å². The Morgan fingerprint density at radius 1 is 1.33 bits per heavy atom. The molecule has 0 saturated heterocycles. The number of halogens is 4. The Bertz CT molecular complexity index is 433. The SMILES string of the molecule is O[C@H](CN1CCc2cccc(F)c2C1)C(F)(F)F. The molecule has 0 aliphatic carbocycles. The molecule has 1 aliphatic heterocycles. The summed E-state index contributed by atoms with van der Waals surface area (Å²) in [5, 5.41) is 8.99. The van der Waals surface area contributed by atoms with Crippen LogP contribution < -0.4 is 0 Å². The number of fused-ring (bicyclic) bond motifs is 1. The highest BCUT2D eigenvalue weighted by Crippen LogP contribution is 2.25. The summed E-state index contributed by atoms with van der Waals surface area (Å²) in [5.74, 6) is -0.404. The van der Waals surface area contributed by atoms with Crippen molar-refractivity contribution in [1.29, 1.82) is 0 Å². The van der Waals surface area contributed by atoms with Gasteiger partial charge in [-0.15, -0.1) is 0 Å². The van der Waals surface area contributed by atoms with Crippen LogP contribution in [0.4, 0.5) is 17.6 Å². The summed E-state index contributed by atoms with van der Waals surface area (Å²) in [4.78, 5) is 1.42. The summed E-state index contributed by atoms with van der Waals surface area (Å²) in [7, 11) is 0. The molecule has 0 amide bonds. The van der Waals surface area contributed by atoms with Gasteiger partial charge in [-0.1, -0.05) is 12.1 Å². The zero-order valence-electron chi connectivity index (χ0n) is 9.54. The predicted molar refractivity (Wildman–Crippen MR) is 57.4 cm³/mol. The van der Waals surface area contributed by atoms with E-state index in [0.717, 1.165) is 5.56 Å². The standard InChI is InChI=1S/C12H13F4NO/c13-10-3-1-2-8-4-5-17(6-9(8)10)7-11(18)12(14,15)16/h1-3,11,18H,4-7H2/t11-/m1/s1. The van der Waals surface area contributed by atoms with E-state index in [0.29, 0.717) is 18.5 Å². The van der Waals surface area contributed by atoms with Crippen LogP contribution in [0.25, 0.3) is 0 Å². The van der Waals surface area contributed by atoms with Crippen molar-refractivity contribution in [2.45, 2.75) is 25.2 Å². The molecule has 0 bridgehead atoms. The van der Waals surface area contributed by atoms with Crippen LogP contribution in [0.15, 0.2) is 18.2 Å². The first-order chi connectivity index (χ1) is 8.38. The average Bonchev–Trinajstić information content (AvgIpc) is 2.29. The fraction of sp³-hybridized carbons (Fsp3) is 0.500. The molecule has 1 aromatic rings. The minimum absolute atomic E-state index is 0.106. The monoisotopic (exact) mass is 263 g/mol. The number of aliphatic hydroxyl groups excluding tert-OH is 1. The van der Waals surface area contributed by atoms with Crippen LogP contribution >= 0.6 is 0 Å². The van der Waals surface area contributed by atoms with Gasteiger partial charge in [0.2, 0.25) is 0 Å². The van der Waals surface area contributed by atoms with Crippen LogP contribution in [0.3, 0.4) is 0 Å². The number of β-amino-alcohol motifs (C(OH)–C–C–N with tert-alkyl or cyclic N) is 1. The summed E-state index contributed by atoms with van der Waals surface area (Å²) >= 11 is 0. The zero-order chi connectivity index (χ0) is 13.3. The number of aliphatic hydroxyl groups is 1. The van der Waals surface area contributed by atoms with Gasteiger partial charge in [-0.3, -0.25) is 4.90 Å². The maximum absolute atomic E-state index is 13.5. The first kappa shape index (κ1) is 13.3. The molecule has 1 N–H and O–H groups in total. The highest BCUT2D eigenvalue weighted by molar-refractivity contribution is 5.30. The van der Waals surface area contributed by atoms with Crippen molar-refractivity contribution in [3.8, 4) is 0 Å². The van der Waals surface area contributed by atoms with E-state index in [1.54, 1.807) is 12.1 Å². The normalized spacial score (nSPS) is 18.5. The van der Waals surface area contributed by atoms with Gasteiger partial charge in [0, 0.05) is 25.2 Å². The van der Waals surface area contributed by atoms with Crippen molar-refractivity contribution < 1.29 is 22.7 Å². The Balaban J connectivity index is 2.06. The largest absolute Gasteiger partial charge is 0.415 e. The van der Waals surface area contributed by atoms with E-state index >= 15 is 0 Å². The first-order valence-electron chi connectivity index (χ1n) is 5.61. The summed E-state index contributed by atoms with van der Waals surface area (Å²) < 4.78 is 50.2. The molecule has 0 spiro atoms. The van der Waals surface area contributed by atoms with Crippen LogP contribution in [-0.4, -0.2) is 35.4 Å². The molecule has 1 atom stereocenters. The topological polar surface area (TPSA) is 23.5 Å². The third-order valence-corrected chi connectivity index (χ3v) is 3.10. The lowest BCUT2D eigenvalue weighted by atomic mass is 9.99. The maximum atomic E-state index is 13.5. The Hall–Kier alpha value is -1.14. The molecule has 6 heteroatoms. The lowest BCUT2D eigenvalue weighted by Crippen LogP contribution is -2.43. The minimum Gasteiger partial charge on any atom is -0.382 e. The summed E-state index contributed by atoms with van der Waals surface area (Å²) in [6, 6.07) is 4.66. The number of hydrogen-bond donors (Lipinski definition) is 1. The van der Waals surface area contributed by atoms with E-state index in [1.807, 2.05) is 0 Å². The molecule has 1 aromatic carbocycles. The molecule has 0 fully saturated rings. The van der Waals surface area contributed by atoms with E-state index in [2.05, 4.69) is 0 Å². The Morgan fingerprint density at radius 3 is 2.72 bits per heavy atom. The number of rotatable bonds is 2. The van der Waals surface area contributed by atoms with Gasteiger partial charge in [-0.25, -0.2) is 4.39 Å². The van der Waals surface area contributed by atoms with Crippen LogP contribution in [-0.2, 0) is 13.0 Å². The Kier molecular flexibility index (Phi) is 3.59. The van der Waals surface area contributed by atoms with Crippen molar-refractivity contribution in [3.05, 3.63) is 35.1 Å². The second kappa shape index (κ2) is 4.85. The fourth-order valence-corrected chi connectivity index (χ4v) is 2.10. The van der Waals surface area contributed by atoms with Crippen LogP contribution in [0.5, 0.6) is 0 Å². The van der Waals surface area contributed by atoms with Gasteiger partial charge in [0.25, 0.3) is 0 Å². The minimum atomic E-state index is -4.63. The van der Waals surface area contributed by atoms with E-state index in [-0.39, 0.29) is 6.54 Å². The van der Waals surface area contributed by atoms with Crippen molar-refractivity contribution in [3.63, 3.8) is 0 Å². The van der Waals surface area contributed by atoms with Crippen molar-refractivity contribution in [2.75, 3.05) is 13.1 Å². The number of benzene rings is 1. The lowest BCUT2D eigenvalue weighted by molar-refractivity contribution is -0.208. The molecule has 1 heterocycles. The summed E-state index contributed by atoms with van der Waals surface area (Å²) in [6.07, 6.45) is -6.52. The average molecular weight is 263 g/mol. The van der Waals surface area contributed by atoms with Gasteiger partial charge in [-0.2, -0.15) is 13.2 Å². The molecule has 2 nitrogen and oxygen atoms in total. The van der Waals surface area contributed by atoms with E-state index < -0.39 is 24.6 Å².